The number of ether oxygens (including phenoxy) is 2. The van der Waals surface area contributed by atoms with Crippen molar-refractivity contribution in [1.82, 2.24) is 4.90 Å². The highest BCUT2D eigenvalue weighted by Gasteiger charge is 2.25. The summed E-state index contributed by atoms with van der Waals surface area (Å²) in [5, 5.41) is 11.6. The summed E-state index contributed by atoms with van der Waals surface area (Å²) in [6.07, 6.45) is 9.07. The molecule has 1 heterocycles. The summed E-state index contributed by atoms with van der Waals surface area (Å²) >= 11 is 0. The quantitative estimate of drug-likeness (QED) is 0.523. The fourth-order valence-corrected chi connectivity index (χ4v) is 5.36. The molecule has 1 N–H and O–H groups in total. The van der Waals surface area contributed by atoms with E-state index in [1.165, 1.54) is 35.6 Å². The fourth-order valence-electron chi connectivity index (χ4n) is 5.36. The molecule has 2 aromatic rings. The first-order chi connectivity index (χ1) is 15.6. The van der Waals surface area contributed by atoms with Crippen LogP contribution in [0.1, 0.15) is 56.9 Å². The molecule has 0 radical (unpaired) electrons. The van der Waals surface area contributed by atoms with Gasteiger partial charge in [-0.3, -0.25) is 9.69 Å². The van der Waals surface area contributed by atoms with Crippen LogP contribution in [0.2, 0.25) is 0 Å². The topological polar surface area (TPSA) is 59.0 Å². The minimum Gasteiger partial charge on any atom is -0.490 e. The summed E-state index contributed by atoms with van der Waals surface area (Å²) in [4.78, 5) is 13.5. The highest BCUT2D eigenvalue weighted by atomic mass is 16.5. The third kappa shape index (κ3) is 6.23. The number of likely N-dealkylation sites (tertiary alicyclic amines) is 1. The number of hydrogen-bond donors (Lipinski definition) is 1. The molecule has 0 aromatic heterocycles. The van der Waals surface area contributed by atoms with Crippen LogP contribution in [0.15, 0.2) is 36.4 Å². The van der Waals surface area contributed by atoms with Gasteiger partial charge in [-0.1, -0.05) is 24.6 Å². The maximum absolute atomic E-state index is 11.2. The van der Waals surface area contributed by atoms with Crippen molar-refractivity contribution < 1.29 is 19.4 Å². The molecular weight excluding hydrogens is 402 g/mol. The lowest BCUT2D eigenvalue weighted by Gasteiger charge is -2.30. The van der Waals surface area contributed by atoms with Crippen molar-refractivity contribution in [2.45, 2.75) is 64.0 Å². The first-order valence-electron chi connectivity index (χ1n) is 12.2. The molecule has 0 spiro atoms. The predicted octanol–water partition coefficient (Wildman–Crippen LogP) is 5.50. The number of hydrogen-bond acceptors (Lipinski definition) is 4. The molecule has 1 aliphatic heterocycles. The Hall–Kier alpha value is -2.11. The summed E-state index contributed by atoms with van der Waals surface area (Å²) in [7, 11) is 1.78. The average molecular weight is 440 g/mol. The van der Waals surface area contributed by atoms with Crippen molar-refractivity contribution in [2.24, 2.45) is 11.8 Å². The lowest BCUT2D eigenvalue weighted by Crippen LogP contribution is -2.35. The summed E-state index contributed by atoms with van der Waals surface area (Å²) in [5.41, 5.74) is 1.28. The van der Waals surface area contributed by atoms with E-state index in [0.29, 0.717) is 6.10 Å². The highest BCUT2D eigenvalue weighted by molar-refractivity contribution is 5.84. The van der Waals surface area contributed by atoms with E-state index in [0.717, 1.165) is 70.0 Å². The van der Waals surface area contributed by atoms with Crippen LogP contribution in [0.3, 0.4) is 0 Å². The minimum absolute atomic E-state index is 0.175. The van der Waals surface area contributed by atoms with Gasteiger partial charge in [0.15, 0.2) is 0 Å². The van der Waals surface area contributed by atoms with Gasteiger partial charge in [0.25, 0.3) is 0 Å². The van der Waals surface area contributed by atoms with Crippen molar-refractivity contribution >= 4 is 16.7 Å². The molecule has 2 aliphatic rings. The van der Waals surface area contributed by atoms with E-state index in [1.54, 1.807) is 7.11 Å². The van der Waals surface area contributed by atoms with E-state index < -0.39 is 5.97 Å². The second kappa shape index (κ2) is 11.2. The van der Waals surface area contributed by atoms with E-state index in [9.17, 15) is 9.90 Å². The third-order valence-corrected chi connectivity index (χ3v) is 7.22. The Labute approximate surface area is 191 Å². The lowest BCUT2D eigenvalue weighted by molar-refractivity contribution is -0.143. The van der Waals surface area contributed by atoms with Crippen LogP contribution in [-0.2, 0) is 16.1 Å². The van der Waals surface area contributed by atoms with Gasteiger partial charge in [-0.15, -0.1) is 0 Å². The van der Waals surface area contributed by atoms with Gasteiger partial charge in [0.1, 0.15) is 5.75 Å². The molecule has 1 aliphatic carbocycles. The summed E-state index contributed by atoms with van der Waals surface area (Å²) in [6.45, 7) is 3.45. The molecule has 2 unspecified atom stereocenters. The van der Waals surface area contributed by atoms with Gasteiger partial charge in [0.05, 0.1) is 12.0 Å². The number of methoxy groups -OCH3 is 1. The van der Waals surface area contributed by atoms with Crippen LogP contribution >= 0.6 is 0 Å². The first kappa shape index (κ1) is 23.1. The number of benzene rings is 2. The molecule has 1 saturated heterocycles. The van der Waals surface area contributed by atoms with Crippen LogP contribution in [0.4, 0.5) is 0 Å². The van der Waals surface area contributed by atoms with Gasteiger partial charge in [-0.05, 0) is 98.5 Å². The van der Waals surface area contributed by atoms with E-state index >= 15 is 0 Å². The average Bonchev–Trinajstić information content (AvgIpc) is 2.80. The molecule has 32 heavy (non-hydrogen) atoms. The zero-order valence-electron chi connectivity index (χ0n) is 19.3. The Bertz CT molecular complexity index is 890. The van der Waals surface area contributed by atoms with Crippen molar-refractivity contribution in [2.75, 3.05) is 26.8 Å². The second-order valence-electron chi connectivity index (χ2n) is 9.64. The van der Waals surface area contributed by atoms with E-state index in [-0.39, 0.29) is 5.92 Å². The van der Waals surface area contributed by atoms with Gasteiger partial charge in [0, 0.05) is 20.3 Å². The van der Waals surface area contributed by atoms with Crippen molar-refractivity contribution in [3.63, 3.8) is 0 Å². The largest absolute Gasteiger partial charge is 0.490 e. The van der Waals surface area contributed by atoms with Crippen molar-refractivity contribution in [3.8, 4) is 5.75 Å². The Kier molecular flexibility index (Phi) is 8.04. The number of fused-ring (bicyclic) bond motifs is 1. The van der Waals surface area contributed by atoms with Crippen LogP contribution in [0.25, 0.3) is 10.8 Å². The molecule has 5 nitrogen and oxygen atoms in total. The van der Waals surface area contributed by atoms with E-state index in [1.807, 2.05) is 0 Å². The number of rotatable bonds is 9. The maximum Gasteiger partial charge on any atom is 0.306 e. The standard InChI is InChI=1S/C27H37NO4/c1-31-15-3-5-20-4-2-6-25(17-20)32-26-10-9-23-16-21(7-8-24(23)18-26)19-28-13-11-22(12-14-28)27(29)30/h7-10,16,18,20,22,25H,2-6,11-15,17,19H2,1H3,(H,29,30). The molecule has 2 atom stereocenters. The third-order valence-electron chi connectivity index (χ3n) is 7.22. The smallest absolute Gasteiger partial charge is 0.306 e. The van der Waals surface area contributed by atoms with Crippen molar-refractivity contribution in [3.05, 3.63) is 42.0 Å². The number of aliphatic carboxylic acids is 1. The molecule has 4 rings (SSSR count). The molecule has 174 valence electrons. The lowest BCUT2D eigenvalue weighted by atomic mass is 9.84. The molecule has 0 bridgehead atoms. The molecular formula is C27H37NO4. The van der Waals surface area contributed by atoms with Gasteiger partial charge in [-0.25, -0.2) is 0 Å². The number of nitrogens with zero attached hydrogens (tertiary/aromatic N) is 1. The minimum atomic E-state index is -0.650. The Morgan fingerprint density at radius 2 is 1.84 bits per heavy atom. The van der Waals surface area contributed by atoms with Gasteiger partial charge < -0.3 is 14.6 Å². The molecule has 0 amide bonds. The highest BCUT2D eigenvalue weighted by Crippen LogP contribution is 2.32. The number of piperidine rings is 1. The van der Waals surface area contributed by atoms with Crippen LogP contribution < -0.4 is 4.74 Å². The van der Waals surface area contributed by atoms with Gasteiger partial charge >= 0.3 is 5.97 Å². The Balaban J connectivity index is 1.32. The number of carbonyl (C=O) groups is 1. The monoisotopic (exact) mass is 439 g/mol. The zero-order valence-corrected chi connectivity index (χ0v) is 19.3. The van der Waals surface area contributed by atoms with Gasteiger partial charge in [-0.2, -0.15) is 0 Å². The Morgan fingerprint density at radius 1 is 1.06 bits per heavy atom. The molecule has 2 aromatic carbocycles. The predicted molar refractivity (Wildman–Crippen MR) is 127 cm³/mol. The maximum atomic E-state index is 11.2. The summed E-state index contributed by atoms with van der Waals surface area (Å²) in [5.74, 6) is 0.908. The normalized spacial score (nSPS) is 22.8. The molecule has 5 heteroatoms. The van der Waals surface area contributed by atoms with Crippen LogP contribution in [-0.4, -0.2) is 48.9 Å². The molecule has 2 fully saturated rings. The number of carboxylic acids is 1. The number of carboxylic acid groups (broad SMARTS) is 1. The van der Waals surface area contributed by atoms with E-state index in [4.69, 9.17) is 9.47 Å². The van der Waals surface area contributed by atoms with Gasteiger partial charge in [0.2, 0.25) is 0 Å². The first-order valence-corrected chi connectivity index (χ1v) is 12.2. The van der Waals surface area contributed by atoms with Crippen LogP contribution in [0, 0.1) is 11.8 Å². The van der Waals surface area contributed by atoms with Crippen LogP contribution in [0.5, 0.6) is 5.75 Å². The Morgan fingerprint density at radius 3 is 2.62 bits per heavy atom. The second-order valence-corrected chi connectivity index (χ2v) is 9.64. The summed E-state index contributed by atoms with van der Waals surface area (Å²) in [6, 6.07) is 13.1. The SMILES string of the molecule is COCCCC1CCCC(Oc2ccc3cc(CN4CCC(C(=O)O)CC4)ccc3c2)C1. The summed E-state index contributed by atoms with van der Waals surface area (Å²) < 4.78 is 11.6. The molecule has 1 saturated carbocycles. The van der Waals surface area contributed by atoms with Crippen molar-refractivity contribution in [1.29, 1.82) is 0 Å². The zero-order chi connectivity index (χ0) is 22.3. The van der Waals surface area contributed by atoms with E-state index in [2.05, 4.69) is 41.3 Å². The fraction of sp³-hybridized carbons (Fsp3) is 0.593.